The second kappa shape index (κ2) is 7.37. The highest BCUT2D eigenvalue weighted by atomic mass is 32.2. The van der Waals surface area contributed by atoms with Crippen molar-refractivity contribution in [2.24, 2.45) is 4.99 Å². The number of carbonyl (C=O) groups excluding carboxylic acids is 1. The van der Waals surface area contributed by atoms with Crippen LogP contribution in [0.1, 0.15) is 11.1 Å². The molecule has 0 saturated carbocycles. The van der Waals surface area contributed by atoms with Crippen molar-refractivity contribution < 1.29 is 9.18 Å². The van der Waals surface area contributed by atoms with E-state index in [1.165, 1.54) is 12.1 Å². The normalized spacial score (nSPS) is 14.0. The fourth-order valence-electron chi connectivity index (χ4n) is 2.29. The Bertz CT molecular complexity index is 704. The molecule has 2 aromatic rings. The van der Waals surface area contributed by atoms with E-state index >= 15 is 0 Å². The number of benzene rings is 1. The van der Waals surface area contributed by atoms with Gasteiger partial charge in [0, 0.05) is 24.7 Å². The molecule has 1 amide bonds. The van der Waals surface area contributed by atoms with Crippen LogP contribution < -0.4 is 0 Å². The van der Waals surface area contributed by atoms with Crippen LogP contribution in [0.2, 0.25) is 0 Å². The van der Waals surface area contributed by atoms with Gasteiger partial charge >= 0.3 is 0 Å². The number of aromatic nitrogens is 1. The minimum atomic E-state index is -0.295. The molecule has 0 radical (unpaired) electrons. The third-order valence-corrected chi connectivity index (χ3v) is 4.55. The number of rotatable bonds is 4. The predicted octanol–water partition coefficient (Wildman–Crippen LogP) is 2.89. The van der Waals surface area contributed by atoms with Crippen LogP contribution in [0.5, 0.6) is 0 Å². The minimum absolute atomic E-state index is 0.00783. The summed E-state index contributed by atoms with van der Waals surface area (Å²) in [5.74, 6) is 0.427. The molecule has 0 N–H and O–H groups in total. The quantitative estimate of drug-likeness (QED) is 0.866. The van der Waals surface area contributed by atoms with E-state index in [2.05, 4.69) is 9.98 Å². The number of halogens is 1. The smallest absolute Gasteiger partial charge is 0.233 e. The van der Waals surface area contributed by atoms with Crippen LogP contribution in [0, 0.1) is 5.82 Å². The maximum absolute atomic E-state index is 12.9. The van der Waals surface area contributed by atoms with Gasteiger partial charge in [-0.1, -0.05) is 30.0 Å². The van der Waals surface area contributed by atoms with Gasteiger partial charge < -0.3 is 0 Å². The Labute approximate surface area is 138 Å². The molecule has 6 heteroatoms. The first-order valence-corrected chi connectivity index (χ1v) is 8.32. The van der Waals surface area contributed by atoms with Gasteiger partial charge in [0.2, 0.25) is 5.91 Å². The second-order valence-electron chi connectivity index (χ2n) is 5.16. The molecule has 118 valence electrons. The highest BCUT2D eigenvalue weighted by Gasteiger charge is 2.24. The molecule has 0 fully saturated rings. The number of amidine groups is 1. The Kier molecular flexibility index (Phi) is 5.02. The summed E-state index contributed by atoms with van der Waals surface area (Å²) < 4.78 is 12.9. The average Bonchev–Trinajstić information content (AvgIpc) is 3.05. The third kappa shape index (κ3) is 4.16. The number of hydrogen-bond acceptors (Lipinski definition) is 4. The summed E-state index contributed by atoms with van der Waals surface area (Å²) in [4.78, 5) is 22.7. The van der Waals surface area contributed by atoms with Crippen LogP contribution in [-0.2, 0) is 17.0 Å². The first kappa shape index (κ1) is 15.7. The first-order chi connectivity index (χ1) is 11.2. The zero-order chi connectivity index (χ0) is 16.1. The van der Waals surface area contributed by atoms with Gasteiger partial charge in [-0.05, 0) is 29.3 Å². The highest BCUT2D eigenvalue weighted by Crippen LogP contribution is 2.20. The van der Waals surface area contributed by atoms with Crippen molar-refractivity contribution in [3.8, 4) is 0 Å². The van der Waals surface area contributed by atoms with Crippen molar-refractivity contribution in [2.75, 3.05) is 13.1 Å². The van der Waals surface area contributed by atoms with Crippen LogP contribution >= 0.6 is 11.8 Å². The molecule has 1 aliphatic heterocycles. The van der Waals surface area contributed by atoms with E-state index < -0.39 is 0 Å². The zero-order valence-corrected chi connectivity index (χ0v) is 13.3. The van der Waals surface area contributed by atoms with E-state index in [-0.39, 0.29) is 18.1 Å². The standard InChI is InChI=1S/C17H16FN3OS/c18-15-5-3-13(4-6-15)10-16(22)21-9-8-20-17(21)23-12-14-2-1-7-19-11-14/h1-7,11H,8-10,12H2. The van der Waals surface area contributed by atoms with E-state index in [0.717, 1.165) is 22.0 Å². The summed E-state index contributed by atoms with van der Waals surface area (Å²) in [5, 5.41) is 0.751. The molecule has 2 heterocycles. The molecule has 1 aromatic heterocycles. The molecular formula is C17H16FN3OS. The van der Waals surface area contributed by atoms with Gasteiger partial charge in [0.1, 0.15) is 5.82 Å². The van der Waals surface area contributed by atoms with Gasteiger partial charge in [-0.15, -0.1) is 0 Å². The van der Waals surface area contributed by atoms with E-state index in [4.69, 9.17) is 0 Å². The van der Waals surface area contributed by atoms with Crippen LogP contribution in [0.3, 0.4) is 0 Å². The van der Waals surface area contributed by atoms with Gasteiger partial charge in [-0.25, -0.2) is 4.39 Å². The molecule has 1 aliphatic rings. The molecule has 0 atom stereocenters. The van der Waals surface area contributed by atoms with E-state index in [9.17, 15) is 9.18 Å². The summed E-state index contributed by atoms with van der Waals surface area (Å²) in [6.07, 6.45) is 3.81. The molecule has 0 bridgehead atoms. The maximum Gasteiger partial charge on any atom is 0.233 e. The topological polar surface area (TPSA) is 45.6 Å². The highest BCUT2D eigenvalue weighted by molar-refractivity contribution is 8.13. The molecule has 0 saturated heterocycles. The number of nitrogens with zero attached hydrogens (tertiary/aromatic N) is 3. The lowest BCUT2D eigenvalue weighted by Gasteiger charge is -2.17. The summed E-state index contributed by atoms with van der Waals surface area (Å²) in [6, 6.07) is 9.92. The van der Waals surface area contributed by atoms with Crippen molar-refractivity contribution in [2.45, 2.75) is 12.2 Å². The Morgan fingerprint density at radius 1 is 1.22 bits per heavy atom. The summed E-state index contributed by atoms with van der Waals surface area (Å²) in [5.41, 5.74) is 1.90. The van der Waals surface area contributed by atoms with Gasteiger partial charge in [-0.3, -0.25) is 19.7 Å². The van der Waals surface area contributed by atoms with Gasteiger partial charge in [0.15, 0.2) is 5.17 Å². The SMILES string of the molecule is O=C(Cc1ccc(F)cc1)N1CCN=C1SCc1cccnc1. The van der Waals surface area contributed by atoms with Crippen LogP contribution in [0.25, 0.3) is 0 Å². The fourth-order valence-corrected chi connectivity index (χ4v) is 3.28. The molecular weight excluding hydrogens is 313 g/mol. The van der Waals surface area contributed by atoms with Gasteiger partial charge in [0.25, 0.3) is 0 Å². The number of pyridine rings is 1. The van der Waals surface area contributed by atoms with E-state index in [0.29, 0.717) is 13.1 Å². The molecule has 1 aromatic carbocycles. The first-order valence-electron chi connectivity index (χ1n) is 7.33. The van der Waals surface area contributed by atoms with Crippen molar-refractivity contribution in [3.05, 3.63) is 65.7 Å². The maximum atomic E-state index is 12.9. The van der Waals surface area contributed by atoms with Gasteiger partial charge in [0.05, 0.1) is 13.0 Å². The van der Waals surface area contributed by atoms with Crippen molar-refractivity contribution in [3.63, 3.8) is 0 Å². The minimum Gasteiger partial charge on any atom is -0.289 e. The molecule has 0 aliphatic carbocycles. The third-order valence-electron chi connectivity index (χ3n) is 3.46. The van der Waals surface area contributed by atoms with Crippen LogP contribution in [-0.4, -0.2) is 34.0 Å². The number of aliphatic imine (C=N–C) groups is 1. The fraction of sp³-hybridized carbons (Fsp3) is 0.235. The number of thioether (sulfide) groups is 1. The van der Waals surface area contributed by atoms with E-state index in [1.54, 1.807) is 35.0 Å². The van der Waals surface area contributed by atoms with Gasteiger partial charge in [-0.2, -0.15) is 0 Å². The average molecular weight is 329 g/mol. The van der Waals surface area contributed by atoms with Crippen molar-refractivity contribution in [1.29, 1.82) is 0 Å². The molecule has 4 nitrogen and oxygen atoms in total. The lowest BCUT2D eigenvalue weighted by Crippen LogP contribution is -2.34. The Morgan fingerprint density at radius 2 is 2.04 bits per heavy atom. The molecule has 0 spiro atoms. The second-order valence-corrected chi connectivity index (χ2v) is 6.11. The molecule has 3 rings (SSSR count). The van der Waals surface area contributed by atoms with Crippen molar-refractivity contribution in [1.82, 2.24) is 9.88 Å². The lowest BCUT2D eigenvalue weighted by atomic mass is 10.1. The summed E-state index contributed by atoms with van der Waals surface area (Å²) >= 11 is 1.54. The number of hydrogen-bond donors (Lipinski definition) is 0. The van der Waals surface area contributed by atoms with Crippen molar-refractivity contribution >= 4 is 22.8 Å². The zero-order valence-electron chi connectivity index (χ0n) is 12.5. The Balaban J connectivity index is 1.59. The van der Waals surface area contributed by atoms with Crippen LogP contribution in [0.4, 0.5) is 4.39 Å². The molecule has 0 unspecified atom stereocenters. The van der Waals surface area contributed by atoms with Crippen LogP contribution in [0.15, 0.2) is 53.8 Å². The summed E-state index contributed by atoms with van der Waals surface area (Å²) in [7, 11) is 0. The molecule has 23 heavy (non-hydrogen) atoms. The monoisotopic (exact) mass is 329 g/mol. The largest absolute Gasteiger partial charge is 0.289 e. The number of amides is 1. The Hall–Kier alpha value is -2.21. The predicted molar refractivity (Wildman–Crippen MR) is 89.7 cm³/mol. The number of carbonyl (C=O) groups is 1. The lowest BCUT2D eigenvalue weighted by molar-refractivity contribution is -0.126. The summed E-state index contributed by atoms with van der Waals surface area (Å²) in [6.45, 7) is 1.24. The van der Waals surface area contributed by atoms with E-state index in [1.807, 2.05) is 18.3 Å². The Morgan fingerprint density at radius 3 is 2.78 bits per heavy atom.